The van der Waals surface area contributed by atoms with Gasteiger partial charge in [-0.1, -0.05) is 26.8 Å². The summed E-state index contributed by atoms with van der Waals surface area (Å²) in [5, 5.41) is 27.0. The number of fused-ring (bicyclic) bond motifs is 3. The first-order valence-electron chi connectivity index (χ1n) is 12.9. The van der Waals surface area contributed by atoms with Crippen LogP contribution in [0.3, 0.4) is 0 Å². The van der Waals surface area contributed by atoms with Gasteiger partial charge in [-0.05, 0) is 46.5 Å². The number of Topliss-reactive ketones (excluding diaryl/α,β-unsaturated/α-hetero) is 1. The first kappa shape index (κ1) is 29.5. The van der Waals surface area contributed by atoms with Crippen molar-refractivity contribution < 1.29 is 38.8 Å². The molecule has 3 fully saturated rings. The molecule has 1 saturated heterocycles. The monoisotopic (exact) mass is 524 g/mol. The normalized spacial score (nSPS) is 43.2. The number of aliphatic hydroxyl groups is 2. The molecule has 0 bridgehead atoms. The number of nitrogens with one attached hydrogen (secondary N) is 1. The van der Waals surface area contributed by atoms with E-state index in [2.05, 4.69) is 11.9 Å². The fourth-order valence-electron chi connectivity index (χ4n) is 7.37. The maximum atomic E-state index is 14.0. The van der Waals surface area contributed by atoms with Gasteiger partial charge in [0.05, 0.1) is 29.6 Å². The molecule has 1 heterocycles. The molecule has 37 heavy (non-hydrogen) atoms. The van der Waals surface area contributed by atoms with Crippen LogP contribution in [-0.2, 0) is 23.8 Å². The van der Waals surface area contributed by atoms with Crippen LogP contribution in [0.1, 0.15) is 74.7 Å². The lowest BCUT2D eigenvalue weighted by Crippen LogP contribution is -2.80. The van der Waals surface area contributed by atoms with Gasteiger partial charge in [-0.3, -0.25) is 9.59 Å². The fourth-order valence-corrected chi connectivity index (χ4v) is 7.37. The molecule has 10 heteroatoms. The Morgan fingerprint density at radius 3 is 2.32 bits per heavy atom. The van der Waals surface area contributed by atoms with Gasteiger partial charge in [-0.2, -0.15) is 0 Å². The van der Waals surface area contributed by atoms with Gasteiger partial charge in [0, 0.05) is 24.3 Å². The number of ketones is 1. The predicted octanol–water partition coefficient (Wildman–Crippen LogP) is 2.20. The Hall–Kier alpha value is -2.01. The van der Waals surface area contributed by atoms with Crippen LogP contribution in [-0.4, -0.2) is 69.3 Å². The van der Waals surface area contributed by atoms with Crippen molar-refractivity contribution in [3.05, 3.63) is 12.7 Å². The third-order valence-electron chi connectivity index (χ3n) is 8.85. The van der Waals surface area contributed by atoms with Gasteiger partial charge in [0.1, 0.15) is 11.4 Å². The molecule has 0 unspecified atom stereocenters. The van der Waals surface area contributed by atoms with Crippen LogP contribution in [0.4, 0.5) is 4.79 Å². The molecular formula is C27H44N2O8. The van der Waals surface area contributed by atoms with Gasteiger partial charge in [-0.25, -0.2) is 4.79 Å². The van der Waals surface area contributed by atoms with Crippen molar-refractivity contribution in [3.8, 4) is 0 Å². The lowest BCUT2D eigenvalue weighted by Gasteiger charge is -2.69. The molecule has 210 valence electrons. The maximum Gasteiger partial charge on any atom is 0.404 e. The maximum absolute atomic E-state index is 14.0. The summed E-state index contributed by atoms with van der Waals surface area (Å²) in [5.74, 6) is -5.03. The zero-order chi connectivity index (χ0) is 28.4. The third kappa shape index (κ3) is 4.82. The summed E-state index contributed by atoms with van der Waals surface area (Å²) in [6, 6.07) is 0. The number of nitrogens with two attached hydrogens (primary N) is 1. The van der Waals surface area contributed by atoms with Crippen LogP contribution in [0.25, 0.3) is 0 Å². The fraction of sp³-hybridized carbons (Fsp3) is 0.815. The number of carbonyl (C=O) groups is 3. The van der Waals surface area contributed by atoms with Gasteiger partial charge in [-0.15, -0.1) is 6.58 Å². The summed E-state index contributed by atoms with van der Waals surface area (Å²) in [5.41, 5.74) is 0.142. The Morgan fingerprint density at radius 1 is 1.22 bits per heavy atom. The molecule has 2 aliphatic carbocycles. The molecule has 0 aromatic heterocycles. The third-order valence-corrected chi connectivity index (χ3v) is 8.85. The molecule has 0 aromatic rings. The minimum Gasteiger partial charge on any atom is -0.441 e. The molecule has 3 rings (SSSR count). The summed E-state index contributed by atoms with van der Waals surface area (Å²) >= 11 is 0. The predicted molar refractivity (Wildman–Crippen MR) is 135 cm³/mol. The number of carbonyl (C=O) groups excluding carboxylic acids is 3. The highest BCUT2D eigenvalue weighted by Gasteiger charge is 2.78. The first-order chi connectivity index (χ1) is 16.7. The van der Waals surface area contributed by atoms with Crippen molar-refractivity contribution in [2.24, 2.45) is 28.4 Å². The number of primary amides is 1. The molecule has 5 N–H and O–H groups in total. The lowest BCUT2D eigenvalue weighted by atomic mass is 9.40. The molecule has 10 nitrogen and oxygen atoms in total. The van der Waals surface area contributed by atoms with E-state index in [1.54, 1.807) is 20.8 Å². The standard InChI is InChI=1S/C27H44N2O8/c1-10-24(7)13-15(30)18-25(8)19(17(32)20(35-21(28)33)26(18,9)37-24)23(5,6)11-12-27(25,34)36-16(31)14-29-22(2,3)4/h10,17-20,29,32,34H,1,11-14H2,2-9H3,(H2,28,33)/t17-,18+,19-,20-,24-,25+,26-,27-/m0/s1. The number of hydrogen-bond donors (Lipinski definition) is 4. The van der Waals surface area contributed by atoms with E-state index >= 15 is 0 Å². The zero-order valence-electron chi connectivity index (χ0n) is 23.3. The lowest BCUT2D eigenvalue weighted by molar-refractivity contribution is -0.378. The quantitative estimate of drug-likeness (QED) is 0.240. The highest BCUT2D eigenvalue weighted by atomic mass is 16.7. The van der Waals surface area contributed by atoms with Crippen LogP contribution in [0, 0.1) is 22.7 Å². The second-order valence-electron chi connectivity index (χ2n) is 13.3. The Balaban J connectivity index is 2.20. The highest BCUT2D eigenvalue weighted by molar-refractivity contribution is 5.86. The van der Waals surface area contributed by atoms with Crippen molar-refractivity contribution >= 4 is 17.8 Å². The Labute approximate surface area is 219 Å². The molecule has 0 spiro atoms. The number of hydrogen-bond acceptors (Lipinski definition) is 9. The summed E-state index contributed by atoms with van der Waals surface area (Å²) in [6.45, 7) is 18.0. The van der Waals surface area contributed by atoms with E-state index in [0.717, 1.165) is 0 Å². The zero-order valence-corrected chi connectivity index (χ0v) is 23.3. The summed E-state index contributed by atoms with van der Waals surface area (Å²) in [7, 11) is 0. The molecule has 1 amide bonds. The molecule has 1 aliphatic heterocycles. The average molecular weight is 525 g/mol. The van der Waals surface area contributed by atoms with E-state index < -0.39 is 63.9 Å². The van der Waals surface area contributed by atoms with Gasteiger partial charge in [0.2, 0.25) is 5.79 Å². The Morgan fingerprint density at radius 2 is 1.81 bits per heavy atom. The van der Waals surface area contributed by atoms with Crippen molar-refractivity contribution in [2.75, 3.05) is 6.54 Å². The van der Waals surface area contributed by atoms with Crippen molar-refractivity contribution in [1.29, 1.82) is 0 Å². The van der Waals surface area contributed by atoms with E-state index in [9.17, 15) is 24.6 Å². The van der Waals surface area contributed by atoms with Crippen molar-refractivity contribution in [1.82, 2.24) is 5.32 Å². The van der Waals surface area contributed by atoms with Gasteiger partial charge in [0.15, 0.2) is 6.10 Å². The van der Waals surface area contributed by atoms with E-state index in [1.807, 2.05) is 34.6 Å². The number of esters is 1. The number of amides is 1. The van der Waals surface area contributed by atoms with Crippen LogP contribution >= 0.6 is 0 Å². The number of aliphatic hydroxyl groups excluding tert-OH is 1. The second-order valence-corrected chi connectivity index (χ2v) is 13.3. The summed E-state index contributed by atoms with van der Waals surface area (Å²) in [6.07, 6.45) is -2.01. The molecule has 8 atom stereocenters. The minimum absolute atomic E-state index is 0.0426. The van der Waals surface area contributed by atoms with E-state index in [0.29, 0.717) is 6.42 Å². The van der Waals surface area contributed by atoms with E-state index in [4.69, 9.17) is 19.9 Å². The van der Waals surface area contributed by atoms with Crippen LogP contribution in [0.5, 0.6) is 0 Å². The second kappa shape index (κ2) is 9.03. The number of ether oxygens (including phenoxy) is 3. The van der Waals surface area contributed by atoms with E-state index in [1.165, 1.54) is 6.08 Å². The molecule has 0 aromatic carbocycles. The largest absolute Gasteiger partial charge is 0.441 e. The van der Waals surface area contributed by atoms with Gasteiger partial charge < -0.3 is 35.5 Å². The molecule has 0 radical (unpaired) electrons. The summed E-state index contributed by atoms with van der Waals surface area (Å²) in [4.78, 5) is 39.0. The van der Waals surface area contributed by atoms with E-state index in [-0.39, 0.29) is 30.7 Å². The average Bonchev–Trinajstić information content (AvgIpc) is 2.71. The summed E-state index contributed by atoms with van der Waals surface area (Å²) < 4.78 is 17.7. The number of rotatable bonds is 5. The van der Waals surface area contributed by atoms with Gasteiger partial charge >= 0.3 is 12.1 Å². The van der Waals surface area contributed by atoms with Crippen LogP contribution < -0.4 is 11.1 Å². The SMILES string of the molecule is C=C[C@@]1(C)CC(=O)[C@H]2[C@](C)(O1)[C@@H](OC(N)=O)[C@@H](O)[C@H]1C(C)(C)CC[C@](O)(OC(=O)CNC(C)(C)C)[C@@]12C. The Kier molecular flexibility index (Phi) is 7.21. The van der Waals surface area contributed by atoms with Crippen molar-refractivity contribution in [2.45, 2.75) is 109 Å². The highest BCUT2D eigenvalue weighted by Crippen LogP contribution is 2.68. The molecular weight excluding hydrogens is 480 g/mol. The molecule has 2 saturated carbocycles. The van der Waals surface area contributed by atoms with Gasteiger partial charge in [0.25, 0.3) is 0 Å². The smallest absolute Gasteiger partial charge is 0.404 e. The topological polar surface area (TPSA) is 157 Å². The van der Waals surface area contributed by atoms with Crippen LogP contribution in [0.2, 0.25) is 0 Å². The van der Waals surface area contributed by atoms with Crippen LogP contribution in [0.15, 0.2) is 12.7 Å². The Bertz CT molecular complexity index is 976. The van der Waals surface area contributed by atoms with Crippen molar-refractivity contribution in [3.63, 3.8) is 0 Å². The molecule has 3 aliphatic rings. The minimum atomic E-state index is -2.12. The first-order valence-corrected chi connectivity index (χ1v) is 12.9.